The van der Waals surface area contributed by atoms with Crippen LogP contribution in [0.5, 0.6) is 5.75 Å². The van der Waals surface area contributed by atoms with Gasteiger partial charge in [0.25, 0.3) is 11.5 Å². The van der Waals surface area contributed by atoms with Crippen LogP contribution in [0.25, 0.3) is 10.9 Å². The lowest BCUT2D eigenvalue weighted by molar-refractivity contribution is 0.0950. The Morgan fingerprint density at radius 1 is 0.795 bits per heavy atom. The molecule has 7 nitrogen and oxygen atoms in total. The monoisotopic (exact) mass is 539 g/mol. The molecule has 8 heteroatoms. The first-order chi connectivity index (χ1) is 18.9. The molecule has 5 rings (SSSR count). The average Bonchev–Trinajstić information content (AvgIpc) is 2.97. The fraction of sp³-hybridized carbons (Fsp3) is 0.129. The molecule has 39 heavy (non-hydrogen) atoms. The number of carbonyl (C=O) groups is 1. The van der Waals surface area contributed by atoms with Gasteiger partial charge in [0.05, 0.1) is 31.1 Å². The summed E-state index contributed by atoms with van der Waals surface area (Å²) in [7, 11) is 1.59. The summed E-state index contributed by atoms with van der Waals surface area (Å²) in [5.74, 6) is 0.469. The number of benzene rings is 4. The van der Waals surface area contributed by atoms with Crippen molar-refractivity contribution >= 4 is 28.4 Å². The summed E-state index contributed by atoms with van der Waals surface area (Å²) in [6.45, 7) is 0.693. The van der Waals surface area contributed by atoms with Gasteiger partial charge in [0, 0.05) is 22.7 Å². The minimum absolute atomic E-state index is 0.0756. The predicted octanol–water partition coefficient (Wildman–Crippen LogP) is 4.85. The van der Waals surface area contributed by atoms with E-state index in [1.165, 1.54) is 4.57 Å². The molecule has 1 aromatic heterocycles. The van der Waals surface area contributed by atoms with Crippen molar-refractivity contribution in [2.24, 2.45) is 0 Å². The maximum atomic E-state index is 13.6. The molecular weight excluding hydrogens is 514 g/mol. The first-order valence-corrected chi connectivity index (χ1v) is 12.8. The zero-order valence-electron chi connectivity index (χ0n) is 21.3. The van der Waals surface area contributed by atoms with Gasteiger partial charge in [0.1, 0.15) is 5.75 Å². The van der Waals surface area contributed by atoms with E-state index >= 15 is 0 Å². The second-order valence-corrected chi connectivity index (χ2v) is 9.53. The van der Waals surface area contributed by atoms with E-state index in [2.05, 4.69) is 5.32 Å². The number of fused-ring (bicyclic) bond motifs is 1. The molecule has 0 saturated carbocycles. The van der Waals surface area contributed by atoms with Gasteiger partial charge in [-0.2, -0.15) is 0 Å². The number of carbonyl (C=O) groups excluding carboxylic acids is 1. The van der Waals surface area contributed by atoms with Gasteiger partial charge in [-0.25, -0.2) is 4.79 Å². The number of amides is 1. The van der Waals surface area contributed by atoms with Gasteiger partial charge in [0.15, 0.2) is 0 Å². The van der Waals surface area contributed by atoms with Crippen LogP contribution >= 0.6 is 11.6 Å². The van der Waals surface area contributed by atoms with E-state index in [1.807, 2.05) is 42.5 Å². The molecule has 0 spiro atoms. The summed E-state index contributed by atoms with van der Waals surface area (Å²) < 4.78 is 8.16. The zero-order valence-corrected chi connectivity index (χ0v) is 22.0. The number of nitrogens with one attached hydrogen (secondary N) is 1. The van der Waals surface area contributed by atoms with Gasteiger partial charge in [-0.05, 0) is 53.6 Å². The fourth-order valence-corrected chi connectivity index (χ4v) is 4.63. The Morgan fingerprint density at radius 2 is 1.41 bits per heavy atom. The molecule has 0 fully saturated rings. The SMILES string of the molecule is COc1ccccc1CNC(=O)c1ccc(Cn2c(=O)c3ccccc3n(Cc3ccc(Cl)cc3)c2=O)cc1. The lowest BCUT2D eigenvalue weighted by Crippen LogP contribution is -2.40. The number of para-hydroxylation sites is 2. The van der Waals surface area contributed by atoms with Crippen LogP contribution in [0.1, 0.15) is 27.0 Å². The lowest BCUT2D eigenvalue weighted by atomic mass is 10.1. The van der Waals surface area contributed by atoms with E-state index in [0.29, 0.717) is 40.3 Å². The Morgan fingerprint density at radius 3 is 2.13 bits per heavy atom. The molecule has 5 aromatic rings. The highest BCUT2D eigenvalue weighted by Gasteiger charge is 2.14. The Hall–Kier alpha value is -4.62. The molecule has 1 amide bonds. The number of hydrogen-bond acceptors (Lipinski definition) is 4. The van der Waals surface area contributed by atoms with E-state index in [9.17, 15) is 14.4 Å². The molecule has 4 aromatic carbocycles. The van der Waals surface area contributed by atoms with Crippen molar-refractivity contribution in [2.75, 3.05) is 7.11 Å². The van der Waals surface area contributed by atoms with Crippen molar-refractivity contribution in [2.45, 2.75) is 19.6 Å². The average molecular weight is 540 g/mol. The van der Waals surface area contributed by atoms with Crippen LogP contribution in [0, 0.1) is 0 Å². The Balaban J connectivity index is 1.39. The molecule has 0 aliphatic rings. The normalized spacial score (nSPS) is 10.9. The van der Waals surface area contributed by atoms with Crippen molar-refractivity contribution < 1.29 is 9.53 Å². The quantitative estimate of drug-likeness (QED) is 0.305. The molecular formula is C31H26ClN3O4. The van der Waals surface area contributed by atoms with E-state index in [1.54, 1.807) is 66.3 Å². The minimum atomic E-state index is -0.410. The third-order valence-corrected chi connectivity index (χ3v) is 6.83. The lowest BCUT2D eigenvalue weighted by Gasteiger charge is -2.15. The van der Waals surface area contributed by atoms with Crippen LogP contribution < -0.4 is 21.3 Å². The maximum Gasteiger partial charge on any atom is 0.332 e. The molecule has 1 N–H and O–H groups in total. The molecule has 0 bridgehead atoms. The van der Waals surface area contributed by atoms with Gasteiger partial charge in [0.2, 0.25) is 0 Å². The van der Waals surface area contributed by atoms with Gasteiger partial charge in [-0.1, -0.05) is 66.2 Å². The third-order valence-electron chi connectivity index (χ3n) is 6.57. The van der Waals surface area contributed by atoms with Crippen LogP contribution in [-0.2, 0) is 19.6 Å². The number of rotatable bonds is 8. The molecule has 196 valence electrons. The molecule has 0 aliphatic heterocycles. The highest BCUT2D eigenvalue weighted by molar-refractivity contribution is 6.30. The van der Waals surface area contributed by atoms with Crippen LogP contribution in [0.15, 0.2) is 107 Å². The van der Waals surface area contributed by atoms with E-state index in [4.69, 9.17) is 16.3 Å². The van der Waals surface area contributed by atoms with E-state index in [-0.39, 0.29) is 18.0 Å². The summed E-state index contributed by atoms with van der Waals surface area (Å²) in [5.41, 5.74) is 2.76. The van der Waals surface area contributed by atoms with Crippen LogP contribution in [0.3, 0.4) is 0 Å². The topological polar surface area (TPSA) is 82.3 Å². The second-order valence-electron chi connectivity index (χ2n) is 9.10. The van der Waals surface area contributed by atoms with E-state index < -0.39 is 5.69 Å². The summed E-state index contributed by atoms with van der Waals surface area (Å²) in [4.78, 5) is 39.6. The van der Waals surface area contributed by atoms with Gasteiger partial charge in [-0.3, -0.25) is 18.7 Å². The number of methoxy groups -OCH3 is 1. The smallest absolute Gasteiger partial charge is 0.332 e. The fourth-order valence-electron chi connectivity index (χ4n) is 4.51. The van der Waals surface area contributed by atoms with Gasteiger partial charge >= 0.3 is 5.69 Å². The van der Waals surface area contributed by atoms with Gasteiger partial charge in [-0.15, -0.1) is 0 Å². The molecule has 0 atom stereocenters. The molecule has 0 aliphatic carbocycles. The van der Waals surface area contributed by atoms with E-state index in [0.717, 1.165) is 16.7 Å². The predicted molar refractivity (Wildman–Crippen MR) is 153 cm³/mol. The number of halogens is 1. The number of aromatic nitrogens is 2. The standard InChI is InChI=1S/C31H26ClN3O4/c1-39-28-9-5-2-6-24(28)18-33-29(36)23-14-10-21(11-15-23)20-35-30(37)26-7-3-4-8-27(26)34(31(35)38)19-22-12-16-25(32)17-13-22/h2-17H,18-20H2,1H3,(H,33,36). The number of ether oxygens (including phenoxy) is 1. The second kappa shape index (κ2) is 11.4. The largest absolute Gasteiger partial charge is 0.496 e. The van der Waals surface area contributed by atoms with Gasteiger partial charge < -0.3 is 10.1 Å². The number of hydrogen-bond donors (Lipinski definition) is 1. The Bertz CT molecular complexity index is 1760. The van der Waals surface area contributed by atoms with Crippen molar-refractivity contribution in [3.8, 4) is 5.75 Å². The molecule has 0 radical (unpaired) electrons. The minimum Gasteiger partial charge on any atom is -0.496 e. The number of nitrogens with zero attached hydrogens (tertiary/aromatic N) is 2. The Labute approximate surface area is 229 Å². The summed E-state index contributed by atoms with van der Waals surface area (Å²) >= 11 is 6.02. The zero-order chi connectivity index (χ0) is 27.4. The van der Waals surface area contributed by atoms with Crippen molar-refractivity contribution in [1.82, 2.24) is 14.5 Å². The van der Waals surface area contributed by atoms with Crippen LogP contribution in [0.2, 0.25) is 5.02 Å². The first-order valence-electron chi connectivity index (χ1n) is 12.4. The summed E-state index contributed by atoms with van der Waals surface area (Å²) in [6, 6.07) is 28.7. The molecule has 1 heterocycles. The Kier molecular flexibility index (Phi) is 7.61. The highest BCUT2D eigenvalue weighted by atomic mass is 35.5. The van der Waals surface area contributed by atoms with Crippen molar-refractivity contribution in [1.29, 1.82) is 0 Å². The van der Waals surface area contributed by atoms with Crippen molar-refractivity contribution in [3.63, 3.8) is 0 Å². The van der Waals surface area contributed by atoms with Crippen LogP contribution in [-0.4, -0.2) is 22.2 Å². The maximum absolute atomic E-state index is 13.6. The summed E-state index contributed by atoms with van der Waals surface area (Å²) in [5, 5.41) is 3.96. The highest BCUT2D eigenvalue weighted by Crippen LogP contribution is 2.17. The van der Waals surface area contributed by atoms with Crippen molar-refractivity contribution in [3.05, 3.63) is 145 Å². The summed E-state index contributed by atoms with van der Waals surface area (Å²) in [6.07, 6.45) is 0. The molecule has 0 saturated heterocycles. The first kappa shape index (κ1) is 26.0. The van der Waals surface area contributed by atoms with Crippen LogP contribution in [0.4, 0.5) is 0 Å². The third kappa shape index (κ3) is 5.63. The molecule has 0 unspecified atom stereocenters.